The number of halogens is 6. The SMILES string of the molecule is C=C(C(=O)c1ccc(Cl)cc1)c1ccc(Cl)cc1Cl.O=C(Cc1ccc(Cl)cc1Cl)c1ccc(Cl)cc1. The highest BCUT2D eigenvalue weighted by atomic mass is 35.5. The van der Waals surface area contributed by atoms with Crippen LogP contribution >= 0.6 is 69.6 Å². The highest BCUT2D eigenvalue weighted by Crippen LogP contribution is 2.28. The Morgan fingerprint density at radius 1 is 0.568 bits per heavy atom. The Kier molecular flexibility index (Phi) is 10.7. The van der Waals surface area contributed by atoms with E-state index in [-0.39, 0.29) is 18.0 Å². The van der Waals surface area contributed by atoms with Crippen molar-refractivity contribution in [3.63, 3.8) is 0 Å². The minimum atomic E-state index is -0.194. The Labute approximate surface area is 245 Å². The largest absolute Gasteiger partial charge is 0.294 e. The third kappa shape index (κ3) is 8.35. The molecule has 0 aliphatic rings. The van der Waals surface area contributed by atoms with Crippen molar-refractivity contribution < 1.29 is 9.59 Å². The highest BCUT2D eigenvalue weighted by Gasteiger charge is 2.15. The minimum Gasteiger partial charge on any atom is -0.294 e. The molecule has 0 spiro atoms. The molecule has 0 fully saturated rings. The maximum atomic E-state index is 12.3. The lowest BCUT2D eigenvalue weighted by molar-refractivity contribution is 0.0992. The van der Waals surface area contributed by atoms with Crippen molar-refractivity contribution in [3.8, 4) is 0 Å². The summed E-state index contributed by atoms with van der Waals surface area (Å²) in [7, 11) is 0. The van der Waals surface area contributed by atoms with Gasteiger partial charge in [-0.25, -0.2) is 0 Å². The van der Waals surface area contributed by atoms with Gasteiger partial charge in [-0.1, -0.05) is 88.3 Å². The van der Waals surface area contributed by atoms with Crippen LogP contribution in [0.25, 0.3) is 5.57 Å². The molecule has 0 bridgehead atoms. The van der Waals surface area contributed by atoms with Crippen LogP contribution in [0.15, 0.2) is 91.5 Å². The van der Waals surface area contributed by atoms with Gasteiger partial charge in [0.1, 0.15) is 0 Å². The van der Waals surface area contributed by atoms with E-state index in [0.717, 1.165) is 5.56 Å². The molecule has 0 aromatic heterocycles. The molecule has 0 aliphatic carbocycles. The van der Waals surface area contributed by atoms with Gasteiger partial charge in [0.2, 0.25) is 0 Å². The van der Waals surface area contributed by atoms with E-state index in [1.54, 1.807) is 84.9 Å². The summed E-state index contributed by atoms with van der Waals surface area (Å²) in [6, 6.07) is 23.5. The van der Waals surface area contributed by atoms with Gasteiger partial charge in [0, 0.05) is 58.8 Å². The first-order valence-electron chi connectivity index (χ1n) is 10.7. The lowest BCUT2D eigenvalue weighted by atomic mass is 9.98. The monoisotopic (exact) mass is 608 g/mol. The molecule has 0 unspecified atom stereocenters. The summed E-state index contributed by atoms with van der Waals surface area (Å²) in [4.78, 5) is 24.3. The average molecular weight is 611 g/mol. The maximum absolute atomic E-state index is 12.3. The number of carbonyl (C=O) groups is 2. The molecule has 0 amide bonds. The van der Waals surface area contributed by atoms with Gasteiger partial charge in [0.25, 0.3) is 0 Å². The number of hydrogen-bond acceptors (Lipinski definition) is 2. The standard InChI is InChI=1S/C15H9Cl3O.C14H9Cl3O/c1-9(13-7-6-12(17)8-14(13)18)15(19)10-2-4-11(16)5-3-10;15-11-4-1-9(2-5-11)14(18)7-10-3-6-12(16)8-13(10)17/h2-8H,1H2;1-6,8H,7H2. The van der Waals surface area contributed by atoms with Gasteiger partial charge < -0.3 is 0 Å². The third-order valence-corrected chi connectivity index (χ3v) is 6.81. The Morgan fingerprint density at radius 3 is 1.54 bits per heavy atom. The van der Waals surface area contributed by atoms with Gasteiger partial charge in [-0.3, -0.25) is 9.59 Å². The molecule has 4 aromatic rings. The fraction of sp³-hybridized carbons (Fsp3) is 0.0345. The van der Waals surface area contributed by atoms with Crippen LogP contribution in [0.2, 0.25) is 30.1 Å². The molecule has 37 heavy (non-hydrogen) atoms. The molecule has 4 rings (SSSR count). The molecule has 2 nitrogen and oxygen atoms in total. The van der Waals surface area contributed by atoms with Crippen LogP contribution in [0.4, 0.5) is 0 Å². The first-order chi connectivity index (χ1) is 17.5. The molecule has 8 heteroatoms. The molecular formula is C29H18Cl6O2. The topological polar surface area (TPSA) is 34.1 Å². The quantitative estimate of drug-likeness (QED) is 0.161. The van der Waals surface area contributed by atoms with Gasteiger partial charge in [-0.15, -0.1) is 0 Å². The summed E-state index contributed by atoms with van der Waals surface area (Å²) in [6.45, 7) is 3.80. The van der Waals surface area contributed by atoms with Gasteiger partial charge in [-0.2, -0.15) is 0 Å². The van der Waals surface area contributed by atoms with Gasteiger partial charge in [0.05, 0.1) is 0 Å². The van der Waals surface area contributed by atoms with Crippen LogP contribution in [0, 0.1) is 0 Å². The van der Waals surface area contributed by atoms with E-state index in [2.05, 4.69) is 6.58 Å². The van der Waals surface area contributed by atoms with E-state index < -0.39 is 0 Å². The van der Waals surface area contributed by atoms with Crippen molar-refractivity contribution in [2.45, 2.75) is 6.42 Å². The lowest BCUT2D eigenvalue weighted by Crippen LogP contribution is -2.03. The number of rotatable bonds is 6. The molecule has 0 aliphatic heterocycles. The third-order valence-electron chi connectivity index (χ3n) is 5.17. The molecule has 4 aromatic carbocycles. The van der Waals surface area contributed by atoms with E-state index in [9.17, 15) is 9.59 Å². The van der Waals surface area contributed by atoms with Crippen molar-refractivity contribution in [2.24, 2.45) is 0 Å². The van der Waals surface area contributed by atoms with E-state index >= 15 is 0 Å². The number of hydrogen-bond donors (Lipinski definition) is 0. The number of ketones is 2. The Balaban J connectivity index is 0.000000206. The van der Waals surface area contributed by atoms with Crippen molar-refractivity contribution >= 4 is 86.7 Å². The zero-order chi connectivity index (χ0) is 27.1. The van der Waals surface area contributed by atoms with Gasteiger partial charge in [0.15, 0.2) is 11.6 Å². The lowest BCUT2D eigenvalue weighted by Gasteiger charge is -2.08. The summed E-state index contributed by atoms with van der Waals surface area (Å²) >= 11 is 35.3. The second kappa shape index (κ2) is 13.5. The fourth-order valence-electron chi connectivity index (χ4n) is 3.21. The molecule has 0 heterocycles. The van der Waals surface area contributed by atoms with Crippen LogP contribution in [0.5, 0.6) is 0 Å². The molecule has 0 atom stereocenters. The number of carbonyl (C=O) groups excluding carboxylic acids is 2. The Hall–Kier alpha value is -2.30. The summed E-state index contributed by atoms with van der Waals surface area (Å²) in [5, 5.41) is 3.16. The van der Waals surface area contributed by atoms with Crippen molar-refractivity contribution in [1.82, 2.24) is 0 Å². The zero-order valence-corrected chi connectivity index (χ0v) is 23.6. The van der Waals surface area contributed by atoms with Crippen molar-refractivity contribution in [1.29, 1.82) is 0 Å². The number of benzene rings is 4. The van der Waals surface area contributed by atoms with Gasteiger partial charge in [-0.05, 0) is 78.4 Å². The fourth-order valence-corrected chi connectivity index (χ4v) is 4.46. The van der Waals surface area contributed by atoms with E-state index in [0.29, 0.717) is 52.4 Å². The van der Waals surface area contributed by atoms with Crippen molar-refractivity contribution in [3.05, 3.63) is 144 Å². The molecule has 0 radical (unpaired) electrons. The summed E-state index contributed by atoms with van der Waals surface area (Å²) in [5.41, 5.74) is 2.79. The highest BCUT2D eigenvalue weighted by molar-refractivity contribution is 6.39. The smallest absolute Gasteiger partial charge is 0.193 e. The molecule has 188 valence electrons. The van der Waals surface area contributed by atoms with Crippen LogP contribution in [0.3, 0.4) is 0 Å². The Bertz CT molecular complexity index is 1440. The average Bonchev–Trinajstić information content (AvgIpc) is 2.86. The predicted octanol–water partition coefficient (Wildman–Crippen LogP) is 10.6. The van der Waals surface area contributed by atoms with E-state index in [4.69, 9.17) is 69.6 Å². The molecule has 0 N–H and O–H groups in total. The van der Waals surface area contributed by atoms with Crippen molar-refractivity contribution in [2.75, 3.05) is 0 Å². The zero-order valence-electron chi connectivity index (χ0n) is 19.1. The normalized spacial score (nSPS) is 10.3. The summed E-state index contributed by atoms with van der Waals surface area (Å²) in [6.07, 6.45) is 0.248. The van der Waals surface area contributed by atoms with E-state index in [1.807, 2.05) is 0 Å². The summed E-state index contributed by atoms with van der Waals surface area (Å²) in [5.74, 6) is -0.197. The molecular weight excluding hydrogens is 593 g/mol. The second-order valence-corrected chi connectivity index (χ2v) is 10.3. The number of allylic oxidation sites excluding steroid dienone is 1. The predicted molar refractivity (Wildman–Crippen MR) is 157 cm³/mol. The van der Waals surface area contributed by atoms with E-state index in [1.165, 1.54) is 0 Å². The first-order valence-corrected chi connectivity index (χ1v) is 13.0. The van der Waals surface area contributed by atoms with Crippen LogP contribution in [0.1, 0.15) is 31.8 Å². The summed E-state index contributed by atoms with van der Waals surface area (Å²) < 4.78 is 0. The van der Waals surface area contributed by atoms with Crippen LogP contribution in [-0.2, 0) is 6.42 Å². The van der Waals surface area contributed by atoms with Crippen LogP contribution in [-0.4, -0.2) is 11.6 Å². The molecule has 0 saturated carbocycles. The molecule has 0 saturated heterocycles. The first kappa shape index (κ1) is 29.3. The second-order valence-electron chi connectivity index (χ2n) is 7.78. The number of Topliss-reactive ketones (excluding diaryl/α,β-unsaturated/α-hetero) is 2. The van der Waals surface area contributed by atoms with Gasteiger partial charge >= 0.3 is 0 Å². The van der Waals surface area contributed by atoms with Crippen LogP contribution < -0.4 is 0 Å². The minimum absolute atomic E-state index is 0.00381. The Morgan fingerprint density at radius 2 is 1.03 bits per heavy atom. The maximum Gasteiger partial charge on any atom is 0.193 e.